The zero-order valence-corrected chi connectivity index (χ0v) is 8.27. The van der Waals surface area contributed by atoms with Gasteiger partial charge in [0, 0.05) is 12.1 Å². The van der Waals surface area contributed by atoms with Crippen molar-refractivity contribution in [3.05, 3.63) is 11.9 Å². The molecule has 0 aromatic carbocycles. The Morgan fingerprint density at radius 1 is 1.71 bits per heavy atom. The molecule has 14 heavy (non-hydrogen) atoms. The first kappa shape index (κ1) is 10.4. The molecule has 0 N–H and O–H groups in total. The summed E-state index contributed by atoms with van der Waals surface area (Å²) in [5.41, 5.74) is 0.601. The van der Waals surface area contributed by atoms with Gasteiger partial charge in [-0.1, -0.05) is 19.1 Å². The fourth-order valence-electron chi connectivity index (χ4n) is 0.920. The monoisotopic (exact) mass is 192 g/mol. The number of hydrogen-bond acceptors (Lipinski definition) is 4. The minimum absolute atomic E-state index is 0.00128. The van der Waals surface area contributed by atoms with Crippen LogP contribution < -0.4 is 0 Å². The van der Waals surface area contributed by atoms with Gasteiger partial charge in [-0.3, -0.25) is 4.79 Å². The van der Waals surface area contributed by atoms with E-state index >= 15 is 0 Å². The van der Waals surface area contributed by atoms with Gasteiger partial charge in [-0.2, -0.15) is 5.26 Å². The molecule has 0 unspecified atom stereocenters. The van der Waals surface area contributed by atoms with Crippen LogP contribution in [0.4, 0.5) is 0 Å². The van der Waals surface area contributed by atoms with Crippen molar-refractivity contribution in [3.63, 3.8) is 0 Å². The van der Waals surface area contributed by atoms with Crippen LogP contribution in [0.5, 0.6) is 0 Å². The largest absolute Gasteiger partial charge is 0.297 e. The van der Waals surface area contributed by atoms with Crippen molar-refractivity contribution in [2.75, 3.05) is 0 Å². The van der Waals surface area contributed by atoms with E-state index in [1.54, 1.807) is 6.20 Å². The molecular weight excluding hydrogens is 180 g/mol. The van der Waals surface area contributed by atoms with Crippen molar-refractivity contribution in [1.82, 2.24) is 15.0 Å². The van der Waals surface area contributed by atoms with Gasteiger partial charge in [-0.15, -0.1) is 5.10 Å². The van der Waals surface area contributed by atoms with Crippen molar-refractivity contribution in [3.8, 4) is 6.07 Å². The third kappa shape index (κ3) is 2.66. The zero-order chi connectivity index (χ0) is 10.6. The van der Waals surface area contributed by atoms with Gasteiger partial charge in [0.1, 0.15) is 6.54 Å². The van der Waals surface area contributed by atoms with Gasteiger partial charge < -0.3 is 0 Å². The molecule has 74 valence electrons. The number of Topliss-reactive ketones (excluding diaryl/α,β-unsaturated/α-hetero) is 1. The van der Waals surface area contributed by atoms with Crippen LogP contribution in [-0.2, 0) is 17.8 Å². The van der Waals surface area contributed by atoms with E-state index in [0.29, 0.717) is 5.69 Å². The van der Waals surface area contributed by atoms with E-state index in [-0.39, 0.29) is 24.7 Å². The molecule has 0 amide bonds. The van der Waals surface area contributed by atoms with Crippen molar-refractivity contribution in [2.45, 2.75) is 26.8 Å². The van der Waals surface area contributed by atoms with Gasteiger partial charge in [-0.05, 0) is 0 Å². The highest BCUT2D eigenvalue weighted by molar-refractivity contribution is 5.79. The molecule has 5 heteroatoms. The number of aromatic nitrogens is 3. The van der Waals surface area contributed by atoms with E-state index in [1.165, 1.54) is 4.68 Å². The summed E-state index contributed by atoms with van der Waals surface area (Å²) in [6, 6.07) is 1.97. The lowest BCUT2D eigenvalue weighted by Gasteiger charge is -2.02. The smallest absolute Gasteiger partial charge is 0.156 e. The van der Waals surface area contributed by atoms with Crippen LogP contribution in [0.3, 0.4) is 0 Å². The predicted octanol–water partition coefficient (Wildman–Crippen LogP) is 0.569. The van der Waals surface area contributed by atoms with Gasteiger partial charge in [0.15, 0.2) is 5.78 Å². The van der Waals surface area contributed by atoms with E-state index in [4.69, 9.17) is 5.26 Å². The van der Waals surface area contributed by atoms with Crippen molar-refractivity contribution in [1.29, 1.82) is 5.26 Å². The molecule has 0 radical (unpaired) electrons. The van der Waals surface area contributed by atoms with E-state index in [1.807, 2.05) is 19.9 Å². The summed E-state index contributed by atoms with van der Waals surface area (Å²) >= 11 is 0. The van der Waals surface area contributed by atoms with Gasteiger partial charge >= 0.3 is 0 Å². The standard InChI is InChI=1S/C9H12N4O/c1-7(2)9(14)6-13-5-8(3-4-10)11-12-13/h5,7H,3,6H2,1-2H3. The van der Waals surface area contributed by atoms with Crippen LogP contribution in [0.2, 0.25) is 0 Å². The van der Waals surface area contributed by atoms with Crippen molar-refractivity contribution < 1.29 is 4.79 Å². The van der Waals surface area contributed by atoms with Crippen LogP contribution in [-0.4, -0.2) is 20.8 Å². The number of nitrogens with zero attached hydrogens (tertiary/aromatic N) is 4. The second-order valence-corrected chi connectivity index (χ2v) is 3.36. The predicted molar refractivity (Wildman–Crippen MR) is 49.2 cm³/mol. The number of hydrogen-bond donors (Lipinski definition) is 0. The molecule has 1 aromatic heterocycles. The van der Waals surface area contributed by atoms with Gasteiger partial charge in [0.25, 0.3) is 0 Å². The third-order valence-electron chi connectivity index (χ3n) is 1.81. The maximum absolute atomic E-state index is 11.3. The van der Waals surface area contributed by atoms with Crippen LogP contribution in [0.25, 0.3) is 0 Å². The Morgan fingerprint density at radius 3 is 3.00 bits per heavy atom. The average Bonchev–Trinajstić information content (AvgIpc) is 2.53. The number of carbonyl (C=O) groups excluding carboxylic acids is 1. The molecule has 1 heterocycles. The average molecular weight is 192 g/mol. The Labute approximate surface area is 82.3 Å². The Hall–Kier alpha value is -1.70. The van der Waals surface area contributed by atoms with Gasteiger partial charge in [-0.25, -0.2) is 4.68 Å². The lowest BCUT2D eigenvalue weighted by Crippen LogP contribution is -2.15. The molecule has 0 atom stereocenters. The first-order valence-electron chi connectivity index (χ1n) is 4.42. The summed E-state index contributed by atoms with van der Waals surface area (Å²) in [4.78, 5) is 11.3. The molecule has 0 bridgehead atoms. The quantitative estimate of drug-likeness (QED) is 0.699. The molecule has 1 aromatic rings. The maximum atomic E-state index is 11.3. The van der Waals surface area contributed by atoms with Crippen LogP contribution in [0.1, 0.15) is 19.5 Å². The molecule has 0 spiro atoms. The molecule has 0 aliphatic rings. The second-order valence-electron chi connectivity index (χ2n) is 3.36. The fourth-order valence-corrected chi connectivity index (χ4v) is 0.920. The summed E-state index contributed by atoms with van der Waals surface area (Å²) in [6.45, 7) is 3.92. The van der Waals surface area contributed by atoms with Crippen molar-refractivity contribution >= 4 is 5.78 Å². The summed E-state index contributed by atoms with van der Waals surface area (Å²) in [7, 11) is 0. The third-order valence-corrected chi connectivity index (χ3v) is 1.81. The molecule has 0 saturated carbocycles. The highest BCUT2D eigenvalue weighted by Gasteiger charge is 2.09. The Morgan fingerprint density at radius 2 is 2.43 bits per heavy atom. The number of carbonyl (C=O) groups is 1. The maximum Gasteiger partial charge on any atom is 0.156 e. The zero-order valence-electron chi connectivity index (χ0n) is 8.27. The lowest BCUT2D eigenvalue weighted by molar-refractivity contribution is -0.122. The summed E-state index contributed by atoms with van der Waals surface area (Å²) in [6.07, 6.45) is 1.86. The Bertz CT molecular complexity index is 361. The van der Waals surface area contributed by atoms with Gasteiger partial charge in [0.2, 0.25) is 0 Å². The number of rotatable bonds is 4. The van der Waals surface area contributed by atoms with E-state index < -0.39 is 0 Å². The highest BCUT2D eigenvalue weighted by atomic mass is 16.1. The topological polar surface area (TPSA) is 71.6 Å². The molecule has 0 aliphatic heterocycles. The highest BCUT2D eigenvalue weighted by Crippen LogP contribution is 1.99. The van der Waals surface area contributed by atoms with Crippen LogP contribution >= 0.6 is 0 Å². The minimum Gasteiger partial charge on any atom is -0.297 e. The minimum atomic E-state index is -0.00128. The number of nitriles is 1. The van der Waals surface area contributed by atoms with Crippen molar-refractivity contribution in [2.24, 2.45) is 5.92 Å². The normalized spacial score (nSPS) is 10.1. The van der Waals surface area contributed by atoms with Crippen LogP contribution in [0, 0.1) is 17.2 Å². The molecule has 5 nitrogen and oxygen atoms in total. The van der Waals surface area contributed by atoms with E-state index in [9.17, 15) is 4.79 Å². The first-order chi connectivity index (χ1) is 6.63. The summed E-state index contributed by atoms with van der Waals surface area (Å²) in [5.74, 6) is 0.108. The Balaban J connectivity index is 2.60. The van der Waals surface area contributed by atoms with Crippen LogP contribution in [0.15, 0.2) is 6.20 Å². The molecule has 1 rings (SSSR count). The molecule has 0 saturated heterocycles. The summed E-state index contributed by atoms with van der Waals surface area (Å²) < 4.78 is 1.47. The lowest BCUT2D eigenvalue weighted by atomic mass is 10.1. The second kappa shape index (κ2) is 4.51. The summed E-state index contributed by atoms with van der Waals surface area (Å²) in [5, 5.41) is 15.9. The molecule has 0 aliphatic carbocycles. The first-order valence-corrected chi connectivity index (χ1v) is 4.42. The van der Waals surface area contributed by atoms with E-state index in [2.05, 4.69) is 10.3 Å². The Kier molecular flexibility index (Phi) is 3.35. The molecular formula is C9H12N4O. The fraction of sp³-hybridized carbons (Fsp3) is 0.556. The van der Waals surface area contributed by atoms with E-state index in [0.717, 1.165) is 0 Å². The number of ketones is 1. The molecule has 0 fully saturated rings. The van der Waals surface area contributed by atoms with Gasteiger partial charge in [0.05, 0.1) is 18.2 Å². The SMILES string of the molecule is CC(C)C(=O)Cn1cc(CC#N)nn1.